The van der Waals surface area contributed by atoms with E-state index in [4.69, 9.17) is 5.26 Å². The summed E-state index contributed by atoms with van der Waals surface area (Å²) in [6, 6.07) is 5.11. The third kappa shape index (κ3) is 2.50. The first-order valence-electron chi connectivity index (χ1n) is 5.80. The number of halogens is 2. The molecule has 1 aliphatic rings. The Morgan fingerprint density at radius 1 is 1.56 bits per heavy atom. The van der Waals surface area contributed by atoms with Crippen LogP contribution in [0.25, 0.3) is 0 Å². The highest BCUT2D eigenvalue weighted by atomic mass is 79.9. The molecule has 1 N–H and O–H groups in total. The molecule has 0 spiro atoms. The van der Waals surface area contributed by atoms with Crippen molar-refractivity contribution in [2.45, 2.75) is 25.4 Å². The van der Waals surface area contributed by atoms with Crippen LogP contribution in [0.5, 0.6) is 0 Å². The predicted molar refractivity (Wildman–Crippen MR) is 70.9 cm³/mol. The van der Waals surface area contributed by atoms with Crippen LogP contribution in [0.1, 0.15) is 25.3 Å². The molecule has 0 saturated carbocycles. The van der Waals surface area contributed by atoms with E-state index in [9.17, 15) is 9.50 Å². The van der Waals surface area contributed by atoms with Gasteiger partial charge in [-0.15, -0.1) is 0 Å². The highest BCUT2D eigenvalue weighted by molar-refractivity contribution is 9.10. The van der Waals surface area contributed by atoms with Crippen molar-refractivity contribution in [3.8, 4) is 6.07 Å². The zero-order valence-electron chi connectivity index (χ0n) is 10.1. The molecule has 18 heavy (non-hydrogen) atoms. The molecule has 0 bridgehead atoms. The summed E-state index contributed by atoms with van der Waals surface area (Å²) in [7, 11) is 0. The maximum absolute atomic E-state index is 14.2. The molecule has 96 valence electrons. The first-order chi connectivity index (χ1) is 8.44. The molecular weight excluding hydrogens is 299 g/mol. The second kappa shape index (κ2) is 4.87. The molecule has 1 aromatic carbocycles. The lowest BCUT2D eigenvalue weighted by Gasteiger charge is -2.38. The largest absolute Gasteiger partial charge is 0.388 e. The highest BCUT2D eigenvalue weighted by Crippen LogP contribution is 2.32. The van der Waals surface area contributed by atoms with Crippen LogP contribution in [0.2, 0.25) is 0 Å². The Bertz CT molecular complexity index is 510. The van der Waals surface area contributed by atoms with Gasteiger partial charge >= 0.3 is 0 Å². The number of anilines is 1. The molecule has 1 aliphatic heterocycles. The Kier molecular flexibility index (Phi) is 3.60. The fourth-order valence-electron chi connectivity index (χ4n) is 2.30. The number of piperidine rings is 1. The van der Waals surface area contributed by atoms with Gasteiger partial charge in [0.2, 0.25) is 0 Å². The van der Waals surface area contributed by atoms with E-state index in [0.717, 1.165) is 12.8 Å². The van der Waals surface area contributed by atoms with Crippen molar-refractivity contribution < 1.29 is 9.50 Å². The van der Waals surface area contributed by atoms with Gasteiger partial charge in [0.25, 0.3) is 0 Å². The van der Waals surface area contributed by atoms with E-state index >= 15 is 0 Å². The molecule has 1 saturated heterocycles. The van der Waals surface area contributed by atoms with Gasteiger partial charge in [0.1, 0.15) is 6.07 Å². The van der Waals surface area contributed by atoms with Crippen molar-refractivity contribution in [3.05, 3.63) is 28.0 Å². The van der Waals surface area contributed by atoms with Gasteiger partial charge in [0.15, 0.2) is 5.82 Å². The van der Waals surface area contributed by atoms with Crippen LogP contribution in [0.4, 0.5) is 10.1 Å². The van der Waals surface area contributed by atoms with Crippen LogP contribution in [0.15, 0.2) is 16.6 Å². The summed E-state index contributed by atoms with van der Waals surface area (Å²) in [5, 5.41) is 18.9. The van der Waals surface area contributed by atoms with E-state index in [0.29, 0.717) is 18.8 Å². The van der Waals surface area contributed by atoms with Crippen LogP contribution >= 0.6 is 15.9 Å². The molecule has 1 aromatic rings. The van der Waals surface area contributed by atoms with Crippen LogP contribution in [0.3, 0.4) is 0 Å². The van der Waals surface area contributed by atoms with Gasteiger partial charge in [-0.25, -0.2) is 4.39 Å². The van der Waals surface area contributed by atoms with Gasteiger partial charge in [-0.3, -0.25) is 0 Å². The first kappa shape index (κ1) is 13.3. The minimum absolute atomic E-state index is 0.188. The van der Waals surface area contributed by atoms with Gasteiger partial charge in [-0.2, -0.15) is 5.26 Å². The summed E-state index contributed by atoms with van der Waals surface area (Å²) in [6.45, 7) is 2.88. The molecule has 0 aromatic heterocycles. The molecule has 2 rings (SSSR count). The van der Waals surface area contributed by atoms with E-state index in [1.165, 1.54) is 0 Å². The fourth-order valence-corrected chi connectivity index (χ4v) is 2.72. The topological polar surface area (TPSA) is 47.3 Å². The standard InChI is InChI=1S/C13H14BrFN2O/c1-13(18)5-2-6-17(8-13)10-4-3-9(7-16)11(14)12(10)15/h3-4,18H,2,5-6,8H2,1H3. The third-order valence-corrected chi connectivity index (χ3v) is 3.97. The number of β-amino-alcohol motifs (C(OH)–C–C–N with tert-alkyl or cyclic N) is 1. The summed E-state index contributed by atoms with van der Waals surface area (Å²) in [5.74, 6) is -0.438. The van der Waals surface area contributed by atoms with Crippen LogP contribution < -0.4 is 4.90 Å². The van der Waals surface area contributed by atoms with Crippen molar-refractivity contribution in [1.29, 1.82) is 5.26 Å². The van der Waals surface area contributed by atoms with Crippen molar-refractivity contribution in [2.75, 3.05) is 18.0 Å². The van der Waals surface area contributed by atoms with E-state index < -0.39 is 11.4 Å². The summed E-state index contributed by atoms with van der Waals surface area (Å²) in [5.41, 5.74) is -0.0775. The normalized spacial score (nSPS) is 23.8. The number of aliphatic hydroxyl groups is 1. The smallest absolute Gasteiger partial charge is 0.161 e. The highest BCUT2D eigenvalue weighted by Gasteiger charge is 2.30. The molecule has 0 aliphatic carbocycles. The lowest BCUT2D eigenvalue weighted by atomic mass is 9.94. The average Bonchev–Trinajstić information content (AvgIpc) is 2.31. The van der Waals surface area contributed by atoms with E-state index in [1.807, 2.05) is 11.0 Å². The molecule has 3 nitrogen and oxygen atoms in total. The zero-order chi connectivity index (χ0) is 13.3. The molecule has 1 atom stereocenters. The Morgan fingerprint density at radius 3 is 2.89 bits per heavy atom. The van der Waals surface area contributed by atoms with Crippen LogP contribution in [-0.2, 0) is 0 Å². The van der Waals surface area contributed by atoms with E-state index in [-0.39, 0.29) is 10.0 Å². The quantitative estimate of drug-likeness (QED) is 0.867. The number of rotatable bonds is 1. The summed E-state index contributed by atoms with van der Waals surface area (Å²) >= 11 is 3.10. The maximum Gasteiger partial charge on any atom is 0.161 e. The van der Waals surface area contributed by atoms with E-state index in [2.05, 4.69) is 15.9 Å². The lowest BCUT2D eigenvalue weighted by Crippen LogP contribution is -2.46. The Morgan fingerprint density at radius 2 is 2.28 bits per heavy atom. The number of hydrogen-bond donors (Lipinski definition) is 1. The van der Waals surface area contributed by atoms with Gasteiger partial charge < -0.3 is 10.0 Å². The summed E-state index contributed by atoms with van der Waals surface area (Å²) in [6.07, 6.45) is 1.55. The third-order valence-electron chi connectivity index (χ3n) is 3.20. The number of hydrogen-bond acceptors (Lipinski definition) is 3. The maximum atomic E-state index is 14.2. The minimum Gasteiger partial charge on any atom is -0.388 e. The van der Waals surface area contributed by atoms with Crippen molar-refractivity contribution in [2.24, 2.45) is 0 Å². The summed E-state index contributed by atoms with van der Waals surface area (Å²) in [4.78, 5) is 1.82. The van der Waals surface area contributed by atoms with Gasteiger partial charge in [-0.05, 0) is 47.8 Å². The second-order valence-electron chi connectivity index (χ2n) is 4.89. The number of nitrogens with zero attached hydrogens (tertiary/aromatic N) is 2. The molecule has 0 amide bonds. The van der Waals surface area contributed by atoms with E-state index in [1.54, 1.807) is 19.1 Å². The van der Waals surface area contributed by atoms with Crippen LogP contribution in [-0.4, -0.2) is 23.8 Å². The Labute approximate surface area is 114 Å². The zero-order valence-corrected chi connectivity index (χ0v) is 11.7. The Hall–Kier alpha value is -1.12. The SMILES string of the molecule is CC1(O)CCCN(c2ccc(C#N)c(Br)c2F)C1. The number of nitriles is 1. The van der Waals surface area contributed by atoms with Gasteiger partial charge in [-0.1, -0.05) is 0 Å². The van der Waals surface area contributed by atoms with Crippen molar-refractivity contribution in [1.82, 2.24) is 0 Å². The minimum atomic E-state index is -0.787. The predicted octanol–water partition coefficient (Wildman–Crippen LogP) is 2.81. The number of benzene rings is 1. The average molecular weight is 313 g/mol. The monoisotopic (exact) mass is 312 g/mol. The first-order valence-corrected chi connectivity index (χ1v) is 6.59. The Balaban J connectivity index is 2.35. The molecule has 5 heteroatoms. The molecule has 1 fully saturated rings. The molecule has 0 radical (unpaired) electrons. The van der Waals surface area contributed by atoms with Crippen molar-refractivity contribution >= 4 is 21.6 Å². The van der Waals surface area contributed by atoms with Crippen molar-refractivity contribution in [3.63, 3.8) is 0 Å². The van der Waals surface area contributed by atoms with Crippen LogP contribution in [0, 0.1) is 17.1 Å². The van der Waals surface area contributed by atoms with Gasteiger partial charge in [0, 0.05) is 13.1 Å². The molecule has 1 unspecified atom stereocenters. The summed E-state index contributed by atoms with van der Waals surface area (Å²) < 4.78 is 14.4. The lowest BCUT2D eigenvalue weighted by molar-refractivity contribution is 0.0447. The molecule has 1 heterocycles. The molecular formula is C13H14BrFN2O. The second-order valence-corrected chi connectivity index (χ2v) is 5.69. The fraction of sp³-hybridized carbons (Fsp3) is 0.462. The van der Waals surface area contributed by atoms with Gasteiger partial charge in [0.05, 0.1) is 21.3 Å².